The number of sulfonamides is 1. The third kappa shape index (κ3) is 4.21. The highest BCUT2D eigenvalue weighted by Gasteiger charge is 2.27. The maximum Gasteiger partial charge on any atom is 0.312 e. The average Bonchev–Trinajstić information content (AvgIpc) is 2.68. The molecule has 0 aliphatic carbocycles. The van der Waals surface area contributed by atoms with Crippen LogP contribution in [0.3, 0.4) is 0 Å². The first kappa shape index (κ1) is 21.1. The van der Waals surface area contributed by atoms with E-state index in [1.807, 2.05) is 6.07 Å². The van der Waals surface area contributed by atoms with E-state index in [2.05, 4.69) is 0 Å². The van der Waals surface area contributed by atoms with Crippen molar-refractivity contribution in [2.45, 2.75) is 18.7 Å². The number of nitro benzene ring substituents is 1. The molecule has 0 spiro atoms. The molecule has 9 nitrogen and oxygen atoms in total. The molecule has 2 aromatic carbocycles. The summed E-state index contributed by atoms with van der Waals surface area (Å²) < 4.78 is 37.2. The maximum atomic E-state index is 12.6. The van der Waals surface area contributed by atoms with E-state index in [0.29, 0.717) is 5.56 Å². The lowest BCUT2D eigenvalue weighted by molar-refractivity contribution is -0.385. The summed E-state index contributed by atoms with van der Waals surface area (Å²) in [6.07, 6.45) is 0. The first-order valence-corrected chi connectivity index (χ1v) is 9.77. The summed E-state index contributed by atoms with van der Waals surface area (Å²) in [6.45, 7) is 3.86. The average molecular weight is 405 g/mol. The molecule has 148 valence electrons. The molecule has 0 radical (unpaired) electrons. The fourth-order valence-corrected chi connectivity index (χ4v) is 4.02. The Bertz CT molecular complexity index is 1030. The quantitative estimate of drug-likeness (QED) is 0.487. The molecule has 0 N–H and O–H groups in total. The van der Waals surface area contributed by atoms with Gasteiger partial charge in [0.2, 0.25) is 15.8 Å². The molecule has 0 bridgehead atoms. The van der Waals surface area contributed by atoms with E-state index in [9.17, 15) is 18.5 Å². The summed E-state index contributed by atoms with van der Waals surface area (Å²) in [5, 5.41) is 20.4. The number of benzene rings is 2. The van der Waals surface area contributed by atoms with E-state index in [4.69, 9.17) is 14.7 Å². The number of hydrogen-bond acceptors (Lipinski definition) is 7. The predicted molar refractivity (Wildman–Crippen MR) is 101 cm³/mol. The van der Waals surface area contributed by atoms with Crippen molar-refractivity contribution in [1.82, 2.24) is 4.31 Å². The lowest BCUT2D eigenvalue weighted by atomic mass is 10.2. The van der Waals surface area contributed by atoms with E-state index >= 15 is 0 Å². The number of ether oxygens (including phenoxy) is 2. The number of rotatable bonds is 8. The molecule has 0 fully saturated rings. The van der Waals surface area contributed by atoms with Gasteiger partial charge in [0, 0.05) is 25.2 Å². The van der Waals surface area contributed by atoms with Crippen molar-refractivity contribution in [2.24, 2.45) is 0 Å². The van der Waals surface area contributed by atoms with Gasteiger partial charge in [-0.3, -0.25) is 10.1 Å². The zero-order valence-electron chi connectivity index (χ0n) is 15.6. The van der Waals surface area contributed by atoms with Crippen LogP contribution in [0.2, 0.25) is 0 Å². The maximum absolute atomic E-state index is 12.6. The van der Waals surface area contributed by atoms with Crippen molar-refractivity contribution < 1.29 is 22.8 Å². The minimum Gasteiger partial charge on any atom is -0.493 e. The Morgan fingerprint density at radius 3 is 2.29 bits per heavy atom. The second-order valence-electron chi connectivity index (χ2n) is 5.56. The van der Waals surface area contributed by atoms with Crippen LogP contribution in [-0.2, 0) is 10.0 Å². The third-order valence-corrected chi connectivity index (χ3v) is 6.03. The van der Waals surface area contributed by atoms with Crippen molar-refractivity contribution in [1.29, 1.82) is 5.26 Å². The Morgan fingerprint density at radius 2 is 1.75 bits per heavy atom. The summed E-state index contributed by atoms with van der Waals surface area (Å²) >= 11 is 0. The first-order valence-electron chi connectivity index (χ1n) is 8.33. The van der Waals surface area contributed by atoms with Crippen LogP contribution in [0.15, 0.2) is 41.3 Å². The lowest BCUT2D eigenvalue weighted by Crippen LogP contribution is -2.30. The third-order valence-electron chi connectivity index (χ3n) is 3.98. The largest absolute Gasteiger partial charge is 0.493 e. The number of hydrogen-bond donors (Lipinski definition) is 0. The van der Waals surface area contributed by atoms with Crippen LogP contribution in [0.4, 0.5) is 5.69 Å². The Kier molecular flexibility index (Phi) is 6.56. The summed E-state index contributed by atoms with van der Waals surface area (Å²) in [6, 6.07) is 9.76. The minimum atomic E-state index is -3.86. The minimum absolute atomic E-state index is 0.147. The highest BCUT2D eigenvalue weighted by molar-refractivity contribution is 7.89. The van der Waals surface area contributed by atoms with Crippen LogP contribution in [0.25, 0.3) is 0 Å². The predicted octanol–water partition coefficient (Wildman–Crippen LogP) is 3.30. The van der Waals surface area contributed by atoms with Gasteiger partial charge < -0.3 is 9.47 Å². The SMILES string of the molecule is CCN(CC)S(=O)(=O)c1ccc(Oc2ccc(C#N)cc2OC)c([N+](=O)[O-])c1. The van der Waals surface area contributed by atoms with Gasteiger partial charge in [0.05, 0.1) is 28.6 Å². The monoisotopic (exact) mass is 405 g/mol. The van der Waals surface area contributed by atoms with Crippen molar-refractivity contribution in [3.8, 4) is 23.3 Å². The molecule has 0 heterocycles. The standard InChI is InChI=1S/C18H19N3O6S/c1-4-20(5-2)28(24,25)14-7-9-16(15(11-14)21(22)23)27-17-8-6-13(12-19)10-18(17)26-3/h6-11H,4-5H2,1-3H3. The Balaban J connectivity index is 2.51. The van der Waals surface area contributed by atoms with Gasteiger partial charge in [-0.1, -0.05) is 13.8 Å². The van der Waals surface area contributed by atoms with E-state index in [-0.39, 0.29) is 35.2 Å². The molecule has 0 amide bonds. The number of methoxy groups -OCH3 is 1. The van der Waals surface area contributed by atoms with Gasteiger partial charge in [0.25, 0.3) is 0 Å². The van der Waals surface area contributed by atoms with Gasteiger partial charge in [0.15, 0.2) is 11.5 Å². The molecule has 0 aliphatic heterocycles. The number of nitriles is 1. The fraction of sp³-hybridized carbons (Fsp3) is 0.278. The molecule has 0 saturated carbocycles. The van der Waals surface area contributed by atoms with E-state index in [1.54, 1.807) is 13.8 Å². The van der Waals surface area contributed by atoms with Crippen LogP contribution < -0.4 is 9.47 Å². The van der Waals surface area contributed by atoms with Crippen LogP contribution >= 0.6 is 0 Å². The molecule has 2 rings (SSSR count). The highest BCUT2D eigenvalue weighted by Crippen LogP contribution is 2.38. The smallest absolute Gasteiger partial charge is 0.312 e. The molecule has 10 heteroatoms. The molecule has 0 saturated heterocycles. The second-order valence-corrected chi connectivity index (χ2v) is 7.49. The van der Waals surface area contributed by atoms with Crippen molar-refractivity contribution >= 4 is 15.7 Å². The number of nitro groups is 1. The van der Waals surface area contributed by atoms with Crippen LogP contribution in [0.5, 0.6) is 17.2 Å². The molecular formula is C18H19N3O6S. The van der Waals surface area contributed by atoms with Gasteiger partial charge in [-0.2, -0.15) is 9.57 Å². The van der Waals surface area contributed by atoms with Gasteiger partial charge in [-0.15, -0.1) is 0 Å². The van der Waals surface area contributed by atoms with Crippen LogP contribution in [-0.4, -0.2) is 37.8 Å². The normalized spacial score (nSPS) is 11.1. The molecule has 2 aromatic rings. The zero-order valence-corrected chi connectivity index (χ0v) is 16.4. The molecular weight excluding hydrogens is 386 g/mol. The van der Waals surface area contributed by atoms with E-state index in [1.165, 1.54) is 41.7 Å². The van der Waals surface area contributed by atoms with Crippen molar-refractivity contribution in [3.05, 3.63) is 52.1 Å². The van der Waals surface area contributed by atoms with Gasteiger partial charge in [0.1, 0.15) is 0 Å². The van der Waals surface area contributed by atoms with E-state index < -0.39 is 20.6 Å². The second kappa shape index (κ2) is 8.69. The lowest BCUT2D eigenvalue weighted by Gasteiger charge is -2.18. The molecule has 28 heavy (non-hydrogen) atoms. The summed E-state index contributed by atoms with van der Waals surface area (Å²) in [5.74, 6) is 0.226. The fourth-order valence-electron chi connectivity index (χ4n) is 2.54. The molecule has 0 unspecified atom stereocenters. The van der Waals surface area contributed by atoms with E-state index in [0.717, 1.165) is 6.07 Å². The first-order chi connectivity index (χ1) is 13.3. The van der Waals surface area contributed by atoms with Crippen LogP contribution in [0.1, 0.15) is 19.4 Å². The summed E-state index contributed by atoms with van der Waals surface area (Å²) in [5.41, 5.74) is -0.168. The molecule has 0 atom stereocenters. The van der Waals surface area contributed by atoms with Gasteiger partial charge >= 0.3 is 5.69 Å². The highest BCUT2D eigenvalue weighted by atomic mass is 32.2. The van der Waals surface area contributed by atoms with Gasteiger partial charge in [-0.25, -0.2) is 8.42 Å². The van der Waals surface area contributed by atoms with Crippen LogP contribution in [0, 0.1) is 21.4 Å². The zero-order chi connectivity index (χ0) is 20.9. The molecule has 0 aromatic heterocycles. The number of nitrogens with zero attached hydrogens (tertiary/aromatic N) is 3. The topological polar surface area (TPSA) is 123 Å². The Morgan fingerprint density at radius 1 is 1.11 bits per heavy atom. The van der Waals surface area contributed by atoms with Gasteiger partial charge in [-0.05, 0) is 24.3 Å². The van der Waals surface area contributed by atoms with Crippen molar-refractivity contribution in [3.63, 3.8) is 0 Å². The molecule has 0 aliphatic rings. The summed E-state index contributed by atoms with van der Waals surface area (Å²) in [4.78, 5) is 10.6. The summed E-state index contributed by atoms with van der Waals surface area (Å²) in [7, 11) is -2.48. The Labute approximate surface area is 162 Å². The van der Waals surface area contributed by atoms with Crippen molar-refractivity contribution in [2.75, 3.05) is 20.2 Å². The Hall–Kier alpha value is -3.16.